The molecule has 0 radical (unpaired) electrons. The average Bonchev–Trinajstić information content (AvgIpc) is 2.63. The molecule has 0 unspecified atom stereocenters. The van der Waals surface area contributed by atoms with E-state index in [4.69, 9.17) is 0 Å². The molecule has 0 amide bonds. The van der Waals surface area contributed by atoms with Crippen LogP contribution in [0.3, 0.4) is 0 Å². The summed E-state index contributed by atoms with van der Waals surface area (Å²) in [5, 5.41) is 14.1. The molecule has 2 nitrogen and oxygen atoms in total. The summed E-state index contributed by atoms with van der Waals surface area (Å²) in [6.45, 7) is 13.0. The Kier molecular flexibility index (Phi) is 12.5. The van der Waals surface area contributed by atoms with Crippen molar-refractivity contribution in [3.8, 4) is 5.75 Å². The predicted octanol–water partition coefficient (Wildman–Crippen LogP) is 7.22. The first-order valence-corrected chi connectivity index (χ1v) is 11.5. The smallest absolute Gasteiger partial charge is 0.122 e. The number of benzene rings is 1. The number of aromatic hydroxyl groups is 1. The molecular weight excluding hydrogens is 330 g/mol. The van der Waals surface area contributed by atoms with Crippen LogP contribution in [0.1, 0.15) is 107 Å². The molecule has 0 heterocycles. The summed E-state index contributed by atoms with van der Waals surface area (Å²) in [4.78, 5) is 0. The van der Waals surface area contributed by atoms with Gasteiger partial charge in [-0.15, -0.1) is 0 Å². The molecule has 1 aromatic rings. The van der Waals surface area contributed by atoms with Crippen molar-refractivity contribution in [2.75, 3.05) is 6.54 Å². The lowest BCUT2D eigenvalue weighted by Gasteiger charge is -2.16. The second kappa shape index (κ2) is 14.0. The van der Waals surface area contributed by atoms with Crippen molar-refractivity contribution >= 4 is 0 Å². The van der Waals surface area contributed by atoms with E-state index in [1.807, 2.05) is 0 Å². The topological polar surface area (TPSA) is 32.3 Å². The van der Waals surface area contributed by atoms with E-state index >= 15 is 0 Å². The van der Waals surface area contributed by atoms with E-state index in [-0.39, 0.29) is 0 Å². The number of unbranched alkanes of at least 4 members (excludes halogenated alkanes) is 7. The summed E-state index contributed by atoms with van der Waals surface area (Å²) in [6, 6.07) is 2.21. The molecule has 0 fully saturated rings. The number of aryl methyl sites for hydroxylation is 2. The van der Waals surface area contributed by atoms with Gasteiger partial charge in [-0.25, -0.2) is 0 Å². The first-order valence-electron chi connectivity index (χ1n) is 11.5. The SMILES string of the molecule is CCCCNCc1c(C)cc(CCCCCCCCCC(C)C)c(O)c1C. The molecule has 2 heteroatoms. The minimum Gasteiger partial charge on any atom is -0.507 e. The van der Waals surface area contributed by atoms with Crippen LogP contribution in [0.5, 0.6) is 5.75 Å². The first kappa shape index (κ1) is 24.0. The molecule has 0 saturated carbocycles. The fourth-order valence-electron chi connectivity index (χ4n) is 3.83. The minimum absolute atomic E-state index is 0.529. The third kappa shape index (κ3) is 9.65. The van der Waals surface area contributed by atoms with Gasteiger partial charge in [0, 0.05) is 6.54 Å². The number of hydrogen-bond donors (Lipinski definition) is 2. The second-order valence-electron chi connectivity index (χ2n) is 8.74. The highest BCUT2D eigenvalue weighted by Gasteiger charge is 2.12. The quantitative estimate of drug-likeness (QED) is 0.317. The lowest BCUT2D eigenvalue weighted by atomic mass is 9.94. The van der Waals surface area contributed by atoms with E-state index in [0.29, 0.717) is 5.75 Å². The van der Waals surface area contributed by atoms with E-state index < -0.39 is 0 Å². The van der Waals surface area contributed by atoms with Crippen LogP contribution >= 0.6 is 0 Å². The van der Waals surface area contributed by atoms with Gasteiger partial charge in [0.1, 0.15) is 5.75 Å². The molecule has 0 aliphatic carbocycles. The van der Waals surface area contributed by atoms with Crippen molar-refractivity contribution in [1.82, 2.24) is 5.32 Å². The minimum atomic E-state index is 0.529. The van der Waals surface area contributed by atoms with Gasteiger partial charge in [-0.1, -0.05) is 78.2 Å². The molecule has 1 rings (SSSR count). The zero-order valence-corrected chi connectivity index (χ0v) is 18.8. The van der Waals surface area contributed by atoms with E-state index in [1.165, 1.54) is 75.3 Å². The maximum absolute atomic E-state index is 10.6. The van der Waals surface area contributed by atoms with E-state index in [2.05, 4.69) is 46.0 Å². The molecule has 1 aromatic carbocycles. The van der Waals surface area contributed by atoms with Crippen molar-refractivity contribution in [3.05, 3.63) is 28.3 Å². The van der Waals surface area contributed by atoms with Crippen molar-refractivity contribution in [2.24, 2.45) is 5.92 Å². The zero-order valence-electron chi connectivity index (χ0n) is 18.8. The Bertz CT molecular complexity index is 522. The highest BCUT2D eigenvalue weighted by molar-refractivity contribution is 5.48. The van der Waals surface area contributed by atoms with Gasteiger partial charge in [-0.05, 0) is 67.8 Å². The van der Waals surface area contributed by atoms with Crippen LogP contribution in [0.15, 0.2) is 6.07 Å². The van der Waals surface area contributed by atoms with Gasteiger partial charge in [-0.3, -0.25) is 0 Å². The summed E-state index contributed by atoms with van der Waals surface area (Å²) in [5.41, 5.74) is 4.79. The van der Waals surface area contributed by atoms with Crippen LogP contribution in [0.25, 0.3) is 0 Å². The Morgan fingerprint density at radius 2 is 1.56 bits per heavy atom. The monoisotopic (exact) mass is 375 g/mol. The standard InChI is InChI=1S/C25H45NO/c1-6-7-17-26-19-24-21(4)18-23(25(27)22(24)5)16-14-12-10-8-9-11-13-15-20(2)3/h18,20,26-27H,6-17,19H2,1-5H3. The molecule has 0 atom stereocenters. The maximum atomic E-state index is 10.6. The molecule has 0 aliphatic heterocycles. The summed E-state index contributed by atoms with van der Waals surface area (Å²) >= 11 is 0. The normalized spacial score (nSPS) is 11.5. The summed E-state index contributed by atoms with van der Waals surface area (Å²) in [5.74, 6) is 1.38. The number of nitrogens with one attached hydrogen (secondary N) is 1. The Morgan fingerprint density at radius 3 is 2.19 bits per heavy atom. The molecule has 2 N–H and O–H groups in total. The summed E-state index contributed by atoms with van der Waals surface area (Å²) in [6.07, 6.45) is 14.1. The van der Waals surface area contributed by atoms with Crippen LogP contribution in [0.4, 0.5) is 0 Å². The molecule has 0 aromatic heterocycles. The second-order valence-corrected chi connectivity index (χ2v) is 8.74. The van der Waals surface area contributed by atoms with Crippen molar-refractivity contribution < 1.29 is 5.11 Å². The first-order chi connectivity index (χ1) is 13.0. The van der Waals surface area contributed by atoms with Gasteiger partial charge in [0.2, 0.25) is 0 Å². The predicted molar refractivity (Wildman–Crippen MR) is 120 cm³/mol. The van der Waals surface area contributed by atoms with Gasteiger partial charge in [0.05, 0.1) is 0 Å². The van der Waals surface area contributed by atoms with E-state index in [0.717, 1.165) is 36.6 Å². The lowest BCUT2D eigenvalue weighted by molar-refractivity contribution is 0.459. The van der Waals surface area contributed by atoms with E-state index in [1.54, 1.807) is 0 Å². The maximum Gasteiger partial charge on any atom is 0.122 e. The lowest BCUT2D eigenvalue weighted by Crippen LogP contribution is -2.16. The van der Waals surface area contributed by atoms with Gasteiger partial charge in [-0.2, -0.15) is 0 Å². The summed E-state index contributed by atoms with van der Waals surface area (Å²) in [7, 11) is 0. The molecule has 156 valence electrons. The van der Waals surface area contributed by atoms with Crippen molar-refractivity contribution in [3.63, 3.8) is 0 Å². The van der Waals surface area contributed by atoms with Crippen LogP contribution in [-0.2, 0) is 13.0 Å². The van der Waals surface area contributed by atoms with Crippen molar-refractivity contribution in [2.45, 2.75) is 112 Å². The largest absolute Gasteiger partial charge is 0.507 e. The van der Waals surface area contributed by atoms with Gasteiger partial charge < -0.3 is 10.4 Å². The number of phenols is 1. The number of phenolic OH excluding ortho intramolecular Hbond substituents is 1. The highest BCUT2D eigenvalue weighted by Crippen LogP contribution is 2.29. The van der Waals surface area contributed by atoms with Crippen LogP contribution in [-0.4, -0.2) is 11.7 Å². The fraction of sp³-hybridized carbons (Fsp3) is 0.760. The molecule has 0 aliphatic rings. The Balaban J connectivity index is 2.32. The van der Waals surface area contributed by atoms with Crippen LogP contribution < -0.4 is 5.32 Å². The van der Waals surface area contributed by atoms with Gasteiger partial charge >= 0.3 is 0 Å². The molecule has 27 heavy (non-hydrogen) atoms. The van der Waals surface area contributed by atoms with Crippen LogP contribution in [0.2, 0.25) is 0 Å². The highest BCUT2D eigenvalue weighted by atomic mass is 16.3. The third-order valence-corrected chi connectivity index (χ3v) is 5.72. The summed E-state index contributed by atoms with van der Waals surface area (Å²) < 4.78 is 0. The fourth-order valence-corrected chi connectivity index (χ4v) is 3.83. The molecule has 0 spiro atoms. The van der Waals surface area contributed by atoms with Gasteiger partial charge in [0.15, 0.2) is 0 Å². The molecular formula is C25H45NO. The zero-order chi connectivity index (χ0) is 20.1. The van der Waals surface area contributed by atoms with E-state index in [9.17, 15) is 5.11 Å². The van der Waals surface area contributed by atoms with Crippen molar-refractivity contribution in [1.29, 1.82) is 0 Å². The third-order valence-electron chi connectivity index (χ3n) is 5.72. The molecule has 0 bridgehead atoms. The average molecular weight is 376 g/mol. The van der Waals surface area contributed by atoms with Gasteiger partial charge in [0.25, 0.3) is 0 Å². The molecule has 0 saturated heterocycles. The van der Waals surface area contributed by atoms with Crippen LogP contribution in [0, 0.1) is 19.8 Å². The Morgan fingerprint density at radius 1 is 0.926 bits per heavy atom. The number of hydrogen-bond acceptors (Lipinski definition) is 2. The Hall–Kier alpha value is -1.02. The Labute approximate surface area is 169 Å². The number of rotatable bonds is 15.